The zero-order valence-electron chi connectivity index (χ0n) is 17.9. The average Bonchev–Trinajstić information content (AvgIpc) is 2.75. The van der Waals surface area contributed by atoms with E-state index in [1.54, 1.807) is 31.2 Å². The zero-order valence-corrected chi connectivity index (χ0v) is 17.9. The van der Waals surface area contributed by atoms with Crippen molar-refractivity contribution in [2.24, 2.45) is 0 Å². The number of halogens is 1. The molecule has 7 nitrogen and oxygen atoms in total. The largest absolute Gasteiger partial charge is 0.495 e. The minimum absolute atomic E-state index is 0.210. The highest BCUT2D eigenvalue weighted by molar-refractivity contribution is 6.35. The Morgan fingerprint density at radius 1 is 1.13 bits per heavy atom. The van der Waals surface area contributed by atoms with Gasteiger partial charge in [0.25, 0.3) is 0 Å². The van der Waals surface area contributed by atoms with Crippen LogP contribution in [-0.2, 0) is 20.9 Å². The first-order valence-electron chi connectivity index (χ1n) is 10.1. The van der Waals surface area contributed by atoms with Crippen LogP contribution in [0.25, 0.3) is 0 Å². The first-order valence-corrected chi connectivity index (χ1v) is 10.1. The Kier molecular flexibility index (Phi) is 6.89. The summed E-state index contributed by atoms with van der Waals surface area (Å²) in [5.41, 5.74) is 2.19. The number of carbonyl (C=O) groups is 3. The van der Waals surface area contributed by atoms with E-state index in [9.17, 15) is 18.8 Å². The number of benzene rings is 2. The van der Waals surface area contributed by atoms with Crippen molar-refractivity contribution in [3.8, 4) is 5.75 Å². The highest BCUT2D eigenvalue weighted by Gasteiger charge is 2.38. The molecule has 164 valence electrons. The number of carbonyl (C=O) groups excluding carboxylic acids is 3. The van der Waals surface area contributed by atoms with E-state index in [0.29, 0.717) is 24.4 Å². The Morgan fingerprint density at radius 2 is 1.84 bits per heavy atom. The van der Waals surface area contributed by atoms with Gasteiger partial charge in [-0.3, -0.25) is 14.4 Å². The van der Waals surface area contributed by atoms with Crippen LogP contribution in [0.4, 0.5) is 10.1 Å². The zero-order chi connectivity index (χ0) is 22.5. The Balaban J connectivity index is 1.70. The van der Waals surface area contributed by atoms with Gasteiger partial charge in [0.15, 0.2) is 0 Å². The first kappa shape index (κ1) is 22.3. The summed E-state index contributed by atoms with van der Waals surface area (Å²) in [5, 5.41) is 2.82. The van der Waals surface area contributed by atoms with Gasteiger partial charge < -0.3 is 19.9 Å². The molecule has 0 aliphatic carbocycles. The van der Waals surface area contributed by atoms with Gasteiger partial charge in [0.05, 0.1) is 12.8 Å². The lowest BCUT2D eigenvalue weighted by atomic mass is 10.1. The average molecular weight is 427 g/mol. The number of nitrogens with one attached hydrogen (secondary N) is 1. The minimum Gasteiger partial charge on any atom is -0.495 e. The molecule has 1 unspecified atom stereocenters. The highest BCUT2D eigenvalue weighted by atomic mass is 19.1. The number of anilines is 1. The van der Waals surface area contributed by atoms with E-state index >= 15 is 0 Å². The number of piperazine rings is 1. The summed E-state index contributed by atoms with van der Waals surface area (Å²) in [6.45, 7) is 4.43. The first-order chi connectivity index (χ1) is 14.8. The van der Waals surface area contributed by atoms with Gasteiger partial charge in [0, 0.05) is 19.6 Å². The fourth-order valence-electron chi connectivity index (χ4n) is 3.63. The summed E-state index contributed by atoms with van der Waals surface area (Å²) >= 11 is 0. The molecule has 0 radical (unpaired) electrons. The molecule has 0 bridgehead atoms. The fraction of sp³-hybridized carbons (Fsp3) is 0.348. The van der Waals surface area contributed by atoms with E-state index in [1.165, 1.54) is 29.0 Å². The second kappa shape index (κ2) is 9.59. The molecule has 1 N–H and O–H groups in total. The quantitative estimate of drug-likeness (QED) is 0.690. The Morgan fingerprint density at radius 3 is 2.48 bits per heavy atom. The van der Waals surface area contributed by atoms with Crippen LogP contribution in [0.3, 0.4) is 0 Å². The van der Waals surface area contributed by atoms with Crippen LogP contribution < -0.4 is 10.1 Å². The molecule has 1 atom stereocenters. The topological polar surface area (TPSA) is 79.0 Å². The molecule has 1 aliphatic heterocycles. The van der Waals surface area contributed by atoms with Crippen LogP contribution in [-0.4, -0.2) is 53.8 Å². The summed E-state index contributed by atoms with van der Waals surface area (Å²) in [5.74, 6) is -1.61. The van der Waals surface area contributed by atoms with E-state index in [1.807, 2.05) is 13.0 Å². The van der Waals surface area contributed by atoms with E-state index in [-0.39, 0.29) is 24.8 Å². The van der Waals surface area contributed by atoms with Crippen molar-refractivity contribution in [3.05, 3.63) is 59.4 Å². The lowest BCUT2D eigenvalue weighted by Gasteiger charge is -2.37. The van der Waals surface area contributed by atoms with Gasteiger partial charge >= 0.3 is 11.8 Å². The van der Waals surface area contributed by atoms with Crippen LogP contribution in [0.5, 0.6) is 5.75 Å². The van der Waals surface area contributed by atoms with Gasteiger partial charge in [-0.05, 0) is 48.7 Å². The Hall–Kier alpha value is -3.42. The summed E-state index contributed by atoms with van der Waals surface area (Å²) < 4.78 is 18.4. The van der Waals surface area contributed by atoms with Gasteiger partial charge in [-0.1, -0.05) is 25.1 Å². The molecule has 31 heavy (non-hydrogen) atoms. The number of amides is 3. The molecular formula is C23H26FN3O4. The molecule has 2 aromatic rings. The molecular weight excluding hydrogens is 401 g/mol. The Bertz CT molecular complexity index is 977. The number of aryl methyl sites for hydroxylation is 1. The normalized spacial score (nSPS) is 15.1. The van der Waals surface area contributed by atoms with E-state index in [4.69, 9.17) is 4.74 Å². The summed E-state index contributed by atoms with van der Waals surface area (Å²) in [7, 11) is 1.51. The third kappa shape index (κ3) is 5.02. The molecule has 1 aliphatic rings. The highest BCUT2D eigenvalue weighted by Crippen LogP contribution is 2.26. The number of hydrogen-bond donors (Lipinski definition) is 1. The number of hydrogen-bond acceptors (Lipinski definition) is 4. The molecule has 1 saturated heterocycles. The van der Waals surface area contributed by atoms with Gasteiger partial charge in [0.1, 0.15) is 17.6 Å². The summed E-state index contributed by atoms with van der Waals surface area (Å²) in [6.07, 6.45) is 0.358. The minimum atomic E-state index is -0.783. The van der Waals surface area contributed by atoms with Crippen molar-refractivity contribution in [2.75, 3.05) is 25.5 Å². The van der Waals surface area contributed by atoms with Crippen LogP contribution in [0.2, 0.25) is 0 Å². The smallest absolute Gasteiger partial charge is 0.312 e. The lowest BCUT2D eigenvalue weighted by Crippen LogP contribution is -2.59. The van der Waals surface area contributed by atoms with E-state index in [0.717, 1.165) is 11.1 Å². The number of rotatable bonds is 7. The summed E-state index contributed by atoms with van der Waals surface area (Å²) in [6, 6.07) is 10.4. The van der Waals surface area contributed by atoms with E-state index in [2.05, 4.69) is 5.32 Å². The van der Waals surface area contributed by atoms with Gasteiger partial charge in [-0.2, -0.15) is 0 Å². The van der Waals surface area contributed by atoms with E-state index < -0.39 is 17.9 Å². The molecule has 1 heterocycles. The van der Waals surface area contributed by atoms with Crippen molar-refractivity contribution in [2.45, 2.75) is 32.9 Å². The fourth-order valence-corrected chi connectivity index (χ4v) is 3.63. The third-order valence-electron chi connectivity index (χ3n) is 5.31. The molecule has 2 aromatic carbocycles. The van der Waals surface area contributed by atoms with Crippen molar-refractivity contribution >= 4 is 23.4 Å². The molecule has 8 heteroatoms. The number of ether oxygens (including phenoxy) is 1. The monoisotopic (exact) mass is 427 g/mol. The second-order valence-electron chi connectivity index (χ2n) is 7.47. The molecule has 0 saturated carbocycles. The summed E-state index contributed by atoms with van der Waals surface area (Å²) in [4.78, 5) is 41.1. The maximum absolute atomic E-state index is 13.1. The van der Waals surface area contributed by atoms with Gasteiger partial charge in [-0.25, -0.2) is 4.39 Å². The van der Waals surface area contributed by atoms with Crippen LogP contribution in [0.15, 0.2) is 42.5 Å². The number of nitrogens with zero attached hydrogens (tertiary/aromatic N) is 2. The lowest BCUT2D eigenvalue weighted by molar-refractivity contribution is -0.159. The SMILES string of the molecule is CCC(C(=O)Nc1cc(C)ccc1OC)N1CCN(Cc2ccc(F)cc2)C(=O)C1=O. The molecule has 0 spiro atoms. The standard InChI is InChI=1S/C23H26FN3O4/c1-4-19(21(28)25-18-13-15(2)5-10-20(18)31-3)27-12-11-26(22(29)23(27)30)14-16-6-8-17(24)9-7-16/h5-10,13,19H,4,11-12,14H2,1-3H3,(H,25,28). The Labute approximate surface area is 180 Å². The van der Waals surface area contributed by atoms with Crippen molar-refractivity contribution in [3.63, 3.8) is 0 Å². The molecule has 3 rings (SSSR count). The predicted molar refractivity (Wildman–Crippen MR) is 114 cm³/mol. The van der Waals surface area contributed by atoms with Crippen molar-refractivity contribution < 1.29 is 23.5 Å². The maximum atomic E-state index is 13.1. The van der Waals surface area contributed by atoms with Crippen LogP contribution in [0, 0.1) is 12.7 Å². The van der Waals surface area contributed by atoms with Crippen molar-refractivity contribution in [1.29, 1.82) is 0 Å². The van der Waals surface area contributed by atoms with Crippen LogP contribution in [0.1, 0.15) is 24.5 Å². The molecule has 1 fully saturated rings. The van der Waals surface area contributed by atoms with Crippen LogP contribution >= 0.6 is 0 Å². The molecule has 3 amide bonds. The van der Waals surface area contributed by atoms with Gasteiger partial charge in [-0.15, -0.1) is 0 Å². The van der Waals surface area contributed by atoms with Gasteiger partial charge in [0.2, 0.25) is 5.91 Å². The van der Waals surface area contributed by atoms with Crippen molar-refractivity contribution in [1.82, 2.24) is 9.80 Å². The second-order valence-corrected chi connectivity index (χ2v) is 7.47. The molecule has 0 aromatic heterocycles. The third-order valence-corrected chi connectivity index (χ3v) is 5.31. The number of methoxy groups -OCH3 is 1. The maximum Gasteiger partial charge on any atom is 0.312 e. The predicted octanol–water partition coefficient (Wildman–Crippen LogP) is 2.73.